The number of benzene rings is 1. The first-order valence-corrected chi connectivity index (χ1v) is 4.72. The Bertz CT molecular complexity index is 321. The van der Waals surface area contributed by atoms with Crippen LogP contribution in [0.5, 0.6) is 0 Å². The summed E-state index contributed by atoms with van der Waals surface area (Å²) < 4.78 is 5.97. The van der Waals surface area contributed by atoms with Crippen LogP contribution in [0.1, 0.15) is 22.8 Å². The Labute approximate surface area is 86.0 Å². The van der Waals surface area contributed by atoms with Crippen LogP contribution in [-0.4, -0.2) is 12.9 Å². The summed E-state index contributed by atoms with van der Waals surface area (Å²) in [5.41, 5.74) is 1.71. The van der Waals surface area contributed by atoms with Crippen molar-refractivity contribution in [2.24, 2.45) is 0 Å². The summed E-state index contributed by atoms with van der Waals surface area (Å²) in [5, 5.41) is 0. The van der Waals surface area contributed by atoms with Crippen molar-refractivity contribution in [3.63, 3.8) is 0 Å². The molecule has 0 aliphatic carbocycles. The van der Waals surface area contributed by atoms with Gasteiger partial charge in [0.15, 0.2) is 5.78 Å². The summed E-state index contributed by atoms with van der Waals surface area (Å²) in [7, 11) is 1.63. The Morgan fingerprint density at radius 2 is 2.23 bits per heavy atom. The van der Waals surface area contributed by atoms with Crippen LogP contribution < -0.4 is 0 Å². The average Bonchev–Trinajstić information content (AvgIpc) is 2.08. The molecule has 0 amide bonds. The molecule has 0 saturated carbocycles. The van der Waals surface area contributed by atoms with Gasteiger partial charge >= 0.3 is 0 Å². The van der Waals surface area contributed by atoms with Gasteiger partial charge < -0.3 is 4.74 Å². The molecule has 0 unspecified atom stereocenters. The van der Waals surface area contributed by atoms with E-state index < -0.39 is 0 Å². The maximum atomic E-state index is 11.1. The first-order chi connectivity index (χ1) is 6.15. The van der Waals surface area contributed by atoms with Crippen LogP contribution in [-0.2, 0) is 11.3 Å². The van der Waals surface area contributed by atoms with E-state index >= 15 is 0 Å². The Balaban J connectivity index is 3.03. The van der Waals surface area contributed by atoms with Gasteiger partial charge in [-0.25, -0.2) is 0 Å². The van der Waals surface area contributed by atoms with Crippen LogP contribution in [0.4, 0.5) is 0 Å². The minimum atomic E-state index is 0.0739. The van der Waals surface area contributed by atoms with E-state index in [0.29, 0.717) is 6.61 Å². The van der Waals surface area contributed by atoms with E-state index in [1.54, 1.807) is 20.1 Å². The van der Waals surface area contributed by atoms with Gasteiger partial charge in [-0.1, -0.05) is 22.0 Å². The SMILES string of the molecule is COCc1cc(C(C)=O)ccc1Br. The fraction of sp³-hybridized carbons (Fsp3) is 0.300. The molecule has 70 valence electrons. The highest BCUT2D eigenvalue weighted by atomic mass is 79.9. The first-order valence-electron chi connectivity index (χ1n) is 3.93. The largest absolute Gasteiger partial charge is 0.380 e. The third-order valence-corrected chi connectivity index (χ3v) is 2.53. The maximum absolute atomic E-state index is 11.1. The number of hydrogen-bond donors (Lipinski definition) is 0. The van der Waals surface area contributed by atoms with E-state index in [1.807, 2.05) is 12.1 Å². The highest BCUT2D eigenvalue weighted by Crippen LogP contribution is 2.19. The number of Topliss-reactive ketones (excluding diaryl/α,β-unsaturated/α-hetero) is 1. The number of methoxy groups -OCH3 is 1. The maximum Gasteiger partial charge on any atom is 0.159 e. The van der Waals surface area contributed by atoms with Crippen molar-refractivity contribution in [1.29, 1.82) is 0 Å². The second-order valence-electron chi connectivity index (χ2n) is 2.80. The van der Waals surface area contributed by atoms with Crippen LogP contribution in [0.3, 0.4) is 0 Å². The zero-order valence-corrected chi connectivity index (χ0v) is 9.22. The van der Waals surface area contributed by atoms with Gasteiger partial charge in [0.05, 0.1) is 6.61 Å². The second-order valence-corrected chi connectivity index (χ2v) is 3.65. The summed E-state index contributed by atoms with van der Waals surface area (Å²) in [6.45, 7) is 2.07. The molecular formula is C10H11BrO2. The molecule has 1 rings (SSSR count). The van der Waals surface area contributed by atoms with Crippen molar-refractivity contribution in [1.82, 2.24) is 0 Å². The molecule has 0 bridgehead atoms. The van der Waals surface area contributed by atoms with Crippen LogP contribution in [0.15, 0.2) is 22.7 Å². The van der Waals surface area contributed by atoms with E-state index in [2.05, 4.69) is 15.9 Å². The van der Waals surface area contributed by atoms with Gasteiger partial charge in [0, 0.05) is 17.1 Å². The molecule has 0 saturated heterocycles. The summed E-state index contributed by atoms with van der Waals surface area (Å²) >= 11 is 3.39. The number of halogens is 1. The van der Waals surface area contributed by atoms with Crippen molar-refractivity contribution in [3.8, 4) is 0 Å². The highest BCUT2D eigenvalue weighted by Gasteiger charge is 2.04. The number of hydrogen-bond acceptors (Lipinski definition) is 2. The number of ether oxygens (including phenoxy) is 1. The molecule has 0 atom stereocenters. The Morgan fingerprint density at radius 1 is 1.54 bits per heavy atom. The molecule has 0 aliphatic rings. The fourth-order valence-corrected chi connectivity index (χ4v) is 1.42. The summed E-state index contributed by atoms with van der Waals surface area (Å²) in [5.74, 6) is 0.0739. The zero-order chi connectivity index (χ0) is 9.84. The van der Waals surface area contributed by atoms with Crippen molar-refractivity contribution >= 4 is 21.7 Å². The highest BCUT2D eigenvalue weighted by molar-refractivity contribution is 9.10. The molecule has 0 aromatic heterocycles. The Morgan fingerprint density at radius 3 is 2.77 bits per heavy atom. The Kier molecular flexibility index (Phi) is 3.63. The van der Waals surface area contributed by atoms with E-state index in [4.69, 9.17) is 4.74 Å². The lowest BCUT2D eigenvalue weighted by molar-refractivity contribution is 0.101. The number of carbonyl (C=O) groups is 1. The standard InChI is InChI=1S/C10H11BrO2/c1-7(12)8-3-4-10(11)9(5-8)6-13-2/h3-5H,6H2,1-2H3. The van der Waals surface area contributed by atoms with E-state index in [0.717, 1.165) is 15.6 Å². The van der Waals surface area contributed by atoms with Gasteiger partial charge in [-0.15, -0.1) is 0 Å². The molecule has 0 radical (unpaired) electrons. The van der Waals surface area contributed by atoms with Gasteiger partial charge in [-0.3, -0.25) is 4.79 Å². The number of carbonyl (C=O) groups excluding carboxylic acids is 1. The van der Waals surface area contributed by atoms with Crippen molar-refractivity contribution < 1.29 is 9.53 Å². The molecule has 0 heterocycles. The first kappa shape index (κ1) is 10.4. The molecule has 1 aromatic carbocycles. The quantitative estimate of drug-likeness (QED) is 0.763. The molecule has 1 aromatic rings. The summed E-state index contributed by atoms with van der Waals surface area (Å²) in [4.78, 5) is 11.1. The van der Waals surface area contributed by atoms with E-state index in [-0.39, 0.29) is 5.78 Å². The summed E-state index contributed by atoms with van der Waals surface area (Å²) in [6, 6.07) is 5.51. The van der Waals surface area contributed by atoms with E-state index in [9.17, 15) is 4.79 Å². The topological polar surface area (TPSA) is 26.3 Å². The minimum Gasteiger partial charge on any atom is -0.380 e. The minimum absolute atomic E-state index is 0.0739. The van der Waals surface area contributed by atoms with Gasteiger partial charge in [-0.2, -0.15) is 0 Å². The molecule has 3 heteroatoms. The number of ketones is 1. The lowest BCUT2D eigenvalue weighted by Gasteiger charge is -2.04. The predicted octanol–water partition coefficient (Wildman–Crippen LogP) is 2.80. The monoisotopic (exact) mass is 242 g/mol. The normalized spacial score (nSPS) is 10.1. The Hall–Kier alpha value is -0.670. The smallest absolute Gasteiger partial charge is 0.159 e. The van der Waals surface area contributed by atoms with Crippen LogP contribution in [0, 0.1) is 0 Å². The van der Waals surface area contributed by atoms with Gasteiger partial charge in [0.2, 0.25) is 0 Å². The average molecular weight is 243 g/mol. The third-order valence-electron chi connectivity index (χ3n) is 1.75. The second kappa shape index (κ2) is 4.53. The molecule has 0 aliphatic heterocycles. The lowest BCUT2D eigenvalue weighted by atomic mass is 10.1. The van der Waals surface area contributed by atoms with Crippen molar-refractivity contribution in [3.05, 3.63) is 33.8 Å². The van der Waals surface area contributed by atoms with Gasteiger partial charge in [0.1, 0.15) is 0 Å². The van der Waals surface area contributed by atoms with Crippen molar-refractivity contribution in [2.45, 2.75) is 13.5 Å². The fourth-order valence-electron chi connectivity index (χ4n) is 1.06. The summed E-state index contributed by atoms with van der Waals surface area (Å²) in [6.07, 6.45) is 0. The molecule has 0 N–H and O–H groups in total. The van der Waals surface area contributed by atoms with Crippen molar-refractivity contribution in [2.75, 3.05) is 7.11 Å². The molecule has 13 heavy (non-hydrogen) atoms. The van der Waals surface area contributed by atoms with Crippen LogP contribution in [0.2, 0.25) is 0 Å². The molecule has 0 spiro atoms. The lowest BCUT2D eigenvalue weighted by Crippen LogP contribution is -1.96. The zero-order valence-electron chi connectivity index (χ0n) is 7.63. The molecule has 0 fully saturated rings. The molecular weight excluding hydrogens is 232 g/mol. The number of rotatable bonds is 3. The van der Waals surface area contributed by atoms with Gasteiger partial charge in [0.25, 0.3) is 0 Å². The third kappa shape index (κ3) is 2.64. The van der Waals surface area contributed by atoms with E-state index in [1.165, 1.54) is 0 Å². The van der Waals surface area contributed by atoms with Crippen LogP contribution >= 0.6 is 15.9 Å². The van der Waals surface area contributed by atoms with Crippen LogP contribution in [0.25, 0.3) is 0 Å². The van der Waals surface area contributed by atoms with Gasteiger partial charge in [-0.05, 0) is 24.6 Å². The predicted molar refractivity (Wildman–Crippen MR) is 54.9 cm³/mol. The molecule has 2 nitrogen and oxygen atoms in total.